The van der Waals surface area contributed by atoms with Gasteiger partial charge in [-0.1, -0.05) is 33.6 Å². The van der Waals surface area contributed by atoms with Crippen LogP contribution in [0, 0.1) is 12.8 Å². The summed E-state index contributed by atoms with van der Waals surface area (Å²) in [7, 11) is 0. The maximum atomic E-state index is 12.4. The lowest BCUT2D eigenvalue weighted by Gasteiger charge is -2.31. The summed E-state index contributed by atoms with van der Waals surface area (Å²) in [6, 6.07) is 5.53. The normalized spacial score (nSPS) is 16.9. The zero-order chi connectivity index (χ0) is 13.1. The molecule has 0 bridgehead atoms. The summed E-state index contributed by atoms with van der Waals surface area (Å²) in [6.45, 7) is 3.60. The lowest BCUT2D eigenvalue weighted by molar-refractivity contribution is 0.0698. The molecule has 1 saturated heterocycles. The Balaban J connectivity index is 2.10. The molecule has 1 heterocycles. The van der Waals surface area contributed by atoms with E-state index >= 15 is 0 Å². The number of carbonyl (C=O) groups excluding carboxylic acids is 1. The van der Waals surface area contributed by atoms with Gasteiger partial charge >= 0.3 is 0 Å². The molecule has 1 aliphatic rings. The van der Waals surface area contributed by atoms with Gasteiger partial charge < -0.3 is 4.90 Å². The van der Waals surface area contributed by atoms with E-state index in [1.165, 1.54) is 0 Å². The summed E-state index contributed by atoms with van der Waals surface area (Å²) in [5, 5.41) is 1.70. The molecule has 1 aliphatic heterocycles. The number of nitrogens with zero attached hydrogens (tertiary/aromatic N) is 1. The van der Waals surface area contributed by atoms with Crippen molar-refractivity contribution >= 4 is 33.4 Å². The Morgan fingerprint density at radius 1 is 1.44 bits per heavy atom. The Kier molecular flexibility index (Phi) is 4.68. The van der Waals surface area contributed by atoms with E-state index in [2.05, 4.69) is 15.9 Å². The van der Waals surface area contributed by atoms with Gasteiger partial charge in [0.15, 0.2) is 0 Å². The number of alkyl halides is 1. The number of carbonyl (C=O) groups is 1. The van der Waals surface area contributed by atoms with Crippen molar-refractivity contribution in [2.75, 3.05) is 18.4 Å². The van der Waals surface area contributed by atoms with Crippen molar-refractivity contribution in [2.24, 2.45) is 5.92 Å². The molecule has 1 aromatic rings. The quantitative estimate of drug-likeness (QED) is 0.753. The summed E-state index contributed by atoms with van der Waals surface area (Å²) < 4.78 is 0. The van der Waals surface area contributed by atoms with Gasteiger partial charge in [-0.3, -0.25) is 4.79 Å². The van der Waals surface area contributed by atoms with Crippen LogP contribution in [0.2, 0.25) is 5.02 Å². The molecule has 4 heteroatoms. The van der Waals surface area contributed by atoms with E-state index in [9.17, 15) is 4.79 Å². The van der Waals surface area contributed by atoms with Crippen LogP contribution in [0.4, 0.5) is 0 Å². The first kappa shape index (κ1) is 13.9. The van der Waals surface area contributed by atoms with Crippen LogP contribution in [0.25, 0.3) is 0 Å². The highest BCUT2D eigenvalue weighted by Crippen LogP contribution is 2.24. The zero-order valence-corrected chi connectivity index (χ0v) is 12.8. The van der Waals surface area contributed by atoms with Gasteiger partial charge in [0.25, 0.3) is 5.91 Å². The summed E-state index contributed by atoms with van der Waals surface area (Å²) in [5.74, 6) is 0.817. The first-order valence-electron chi connectivity index (χ1n) is 6.24. The van der Waals surface area contributed by atoms with Gasteiger partial charge in [-0.15, -0.1) is 0 Å². The minimum absolute atomic E-state index is 0.114. The smallest absolute Gasteiger partial charge is 0.254 e. The average molecular weight is 331 g/mol. The van der Waals surface area contributed by atoms with Crippen molar-refractivity contribution in [2.45, 2.75) is 19.8 Å². The van der Waals surface area contributed by atoms with Crippen LogP contribution in [0.1, 0.15) is 28.8 Å². The molecule has 0 saturated carbocycles. The van der Waals surface area contributed by atoms with Gasteiger partial charge in [0, 0.05) is 29.0 Å². The SMILES string of the molecule is Cc1c(Cl)cccc1C(=O)N1CCC(CBr)CC1. The highest BCUT2D eigenvalue weighted by atomic mass is 79.9. The second kappa shape index (κ2) is 6.07. The molecule has 0 aromatic heterocycles. The minimum atomic E-state index is 0.114. The van der Waals surface area contributed by atoms with Crippen molar-refractivity contribution in [1.82, 2.24) is 4.90 Å². The summed E-state index contributed by atoms with van der Waals surface area (Å²) in [6.07, 6.45) is 2.16. The van der Waals surface area contributed by atoms with Crippen LogP contribution in [0.15, 0.2) is 18.2 Å². The summed E-state index contributed by atoms with van der Waals surface area (Å²) in [5.41, 5.74) is 1.62. The van der Waals surface area contributed by atoms with E-state index < -0.39 is 0 Å². The van der Waals surface area contributed by atoms with Crippen LogP contribution in [0.5, 0.6) is 0 Å². The Labute approximate surface area is 121 Å². The van der Waals surface area contributed by atoms with Crippen molar-refractivity contribution in [3.63, 3.8) is 0 Å². The van der Waals surface area contributed by atoms with Crippen molar-refractivity contribution in [3.8, 4) is 0 Å². The number of rotatable bonds is 2. The largest absolute Gasteiger partial charge is 0.339 e. The Hall–Kier alpha value is -0.540. The number of piperidine rings is 1. The number of hydrogen-bond donors (Lipinski definition) is 0. The van der Waals surface area contributed by atoms with Crippen molar-refractivity contribution in [1.29, 1.82) is 0 Å². The third kappa shape index (κ3) is 2.89. The van der Waals surface area contributed by atoms with Gasteiger partial charge in [0.05, 0.1) is 0 Å². The molecule has 1 aromatic carbocycles. The Morgan fingerprint density at radius 3 is 2.72 bits per heavy atom. The van der Waals surface area contributed by atoms with Gasteiger partial charge in [-0.2, -0.15) is 0 Å². The standard InChI is InChI=1S/C14H17BrClNO/c1-10-12(3-2-4-13(10)16)14(18)17-7-5-11(9-15)6-8-17/h2-4,11H,5-9H2,1H3. The molecule has 18 heavy (non-hydrogen) atoms. The van der Waals surface area contributed by atoms with Gasteiger partial charge in [0.2, 0.25) is 0 Å². The van der Waals surface area contributed by atoms with E-state index in [0.717, 1.165) is 42.4 Å². The molecule has 0 radical (unpaired) electrons. The Bertz CT molecular complexity index is 441. The van der Waals surface area contributed by atoms with E-state index in [0.29, 0.717) is 10.9 Å². The molecule has 0 unspecified atom stereocenters. The average Bonchev–Trinajstić information content (AvgIpc) is 2.41. The molecule has 1 amide bonds. The van der Waals surface area contributed by atoms with Crippen LogP contribution in [-0.4, -0.2) is 29.2 Å². The third-order valence-electron chi connectivity index (χ3n) is 3.62. The molecule has 2 rings (SSSR count). The van der Waals surface area contributed by atoms with E-state index in [4.69, 9.17) is 11.6 Å². The number of benzene rings is 1. The molecule has 0 atom stereocenters. The van der Waals surface area contributed by atoms with Crippen molar-refractivity contribution < 1.29 is 4.79 Å². The third-order valence-corrected chi connectivity index (χ3v) is 4.94. The lowest BCUT2D eigenvalue weighted by atomic mass is 9.98. The van der Waals surface area contributed by atoms with Crippen molar-refractivity contribution in [3.05, 3.63) is 34.3 Å². The topological polar surface area (TPSA) is 20.3 Å². The fourth-order valence-electron chi connectivity index (χ4n) is 2.30. The molecule has 2 nitrogen and oxygen atoms in total. The molecule has 0 N–H and O–H groups in total. The number of halogens is 2. The first-order chi connectivity index (χ1) is 8.63. The lowest BCUT2D eigenvalue weighted by Crippen LogP contribution is -2.39. The fourth-order valence-corrected chi connectivity index (χ4v) is 3.12. The highest BCUT2D eigenvalue weighted by Gasteiger charge is 2.24. The maximum Gasteiger partial charge on any atom is 0.254 e. The number of amides is 1. The van der Waals surface area contributed by atoms with Gasteiger partial charge in [0.1, 0.15) is 0 Å². The van der Waals surface area contributed by atoms with Crippen LogP contribution in [0.3, 0.4) is 0 Å². The second-order valence-corrected chi connectivity index (χ2v) is 5.86. The second-order valence-electron chi connectivity index (χ2n) is 4.80. The van der Waals surface area contributed by atoms with E-state index in [1.807, 2.05) is 30.0 Å². The maximum absolute atomic E-state index is 12.4. The molecule has 0 aliphatic carbocycles. The van der Waals surface area contributed by atoms with E-state index in [-0.39, 0.29) is 5.91 Å². The summed E-state index contributed by atoms with van der Waals surface area (Å²) in [4.78, 5) is 14.4. The van der Waals surface area contributed by atoms with Crippen LogP contribution in [-0.2, 0) is 0 Å². The zero-order valence-electron chi connectivity index (χ0n) is 10.5. The van der Waals surface area contributed by atoms with Crippen LogP contribution >= 0.6 is 27.5 Å². The fraction of sp³-hybridized carbons (Fsp3) is 0.500. The van der Waals surface area contributed by atoms with Crippen LogP contribution < -0.4 is 0 Å². The summed E-state index contributed by atoms with van der Waals surface area (Å²) >= 11 is 9.58. The van der Waals surface area contributed by atoms with Gasteiger partial charge in [-0.05, 0) is 43.4 Å². The Morgan fingerprint density at radius 2 is 2.11 bits per heavy atom. The predicted octanol–water partition coefficient (Wildman–Crippen LogP) is 3.90. The monoisotopic (exact) mass is 329 g/mol. The molecule has 1 fully saturated rings. The van der Waals surface area contributed by atoms with Gasteiger partial charge in [-0.25, -0.2) is 0 Å². The number of likely N-dealkylation sites (tertiary alicyclic amines) is 1. The molecular formula is C14H17BrClNO. The number of hydrogen-bond acceptors (Lipinski definition) is 1. The highest BCUT2D eigenvalue weighted by molar-refractivity contribution is 9.09. The molecule has 98 valence electrons. The van der Waals surface area contributed by atoms with E-state index in [1.54, 1.807) is 0 Å². The molecular weight excluding hydrogens is 314 g/mol. The minimum Gasteiger partial charge on any atom is -0.339 e. The molecule has 0 spiro atoms. The first-order valence-corrected chi connectivity index (χ1v) is 7.73. The predicted molar refractivity (Wildman–Crippen MR) is 78.6 cm³/mol.